The molecule has 0 radical (unpaired) electrons. The monoisotopic (exact) mass is 153 g/mol. The van der Waals surface area contributed by atoms with Gasteiger partial charge in [-0.15, -0.1) is 0 Å². The topological polar surface area (TPSA) is 29.1 Å². The summed E-state index contributed by atoms with van der Waals surface area (Å²) in [5.74, 6) is 5.00. The minimum Gasteiger partial charge on any atom is -0.341 e. The fourth-order valence-electron chi connectivity index (χ4n) is 0.541. The van der Waals surface area contributed by atoms with Crippen LogP contribution in [0.25, 0.3) is 0 Å². The van der Waals surface area contributed by atoms with Gasteiger partial charge in [-0.05, 0) is 26.7 Å². The van der Waals surface area contributed by atoms with Crippen LogP contribution in [0.3, 0.4) is 0 Å². The van der Waals surface area contributed by atoms with Crippen molar-refractivity contribution < 1.29 is 4.79 Å². The molecule has 0 heterocycles. The van der Waals surface area contributed by atoms with Crippen LogP contribution in [0.5, 0.6) is 0 Å². The molecule has 11 heavy (non-hydrogen) atoms. The summed E-state index contributed by atoms with van der Waals surface area (Å²) in [6.45, 7) is 7.70. The maximum Gasteiger partial charge on any atom is 0.296 e. The maximum atomic E-state index is 10.9. The molecule has 0 aliphatic heterocycles. The summed E-state index contributed by atoms with van der Waals surface area (Å²) in [4.78, 5) is 10.9. The van der Waals surface area contributed by atoms with Gasteiger partial charge in [-0.2, -0.15) is 0 Å². The van der Waals surface area contributed by atoms with Crippen LogP contribution in [0, 0.1) is 11.8 Å². The van der Waals surface area contributed by atoms with Crippen molar-refractivity contribution in [3.8, 4) is 11.8 Å². The highest BCUT2D eigenvalue weighted by atomic mass is 16.1. The van der Waals surface area contributed by atoms with Crippen LogP contribution in [0.15, 0.2) is 0 Å². The molecule has 62 valence electrons. The number of amides is 1. The molecule has 0 unspecified atom stereocenters. The Morgan fingerprint density at radius 3 is 2.36 bits per heavy atom. The average Bonchev–Trinajstić information content (AvgIpc) is 1.79. The van der Waals surface area contributed by atoms with Crippen molar-refractivity contribution >= 4 is 5.91 Å². The Morgan fingerprint density at radius 2 is 2.00 bits per heavy atom. The molecule has 0 aliphatic rings. The van der Waals surface area contributed by atoms with Crippen LogP contribution >= 0.6 is 0 Å². The van der Waals surface area contributed by atoms with Crippen LogP contribution in [-0.2, 0) is 4.79 Å². The normalized spacial score (nSPS) is 9.82. The second kappa shape index (κ2) is 4.02. The highest BCUT2D eigenvalue weighted by Crippen LogP contribution is 1.96. The van der Waals surface area contributed by atoms with Crippen LogP contribution in [0.4, 0.5) is 0 Å². The molecule has 0 aromatic carbocycles. The minimum atomic E-state index is -0.195. The predicted molar refractivity (Wildman–Crippen MR) is 46.0 cm³/mol. The largest absolute Gasteiger partial charge is 0.341 e. The number of rotatable bonds is 0. The lowest BCUT2D eigenvalue weighted by Gasteiger charge is -2.17. The van der Waals surface area contributed by atoms with E-state index in [1.807, 2.05) is 27.7 Å². The molecule has 0 aromatic heterocycles. The zero-order valence-electron chi connectivity index (χ0n) is 7.62. The van der Waals surface area contributed by atoms with E-state index in [0.29, 0.717) is 0 Å². The fourth-order valence-corrected chi connectivity index (χ4v) is 0.541. The lowest BCUT2D eigenvalue weighted by molar-refractivity contribution is -0.117. The maximum absolute atomic E-state index is 10.9. The van der Waals surface area contributed by atoms with Gasteiger partial charge in [0, 0.05) is 12.0 Å². The van der Waals surface area contributed by atoms with Gasteiger partial charge in [0.25, 0.3) is 5.91 Å². The molecular formula is C9H15NO. The standard InChI is InChI=1S/C9H15NO/c1-5-6-7-8(11)10-9(2,3)4/h5H2,1-4H3,(H,10,11). The van der Waals surface area contributed by atoms with E-state index in [2.05, 4.69) is 17.2 Å². The van der Waals surface area contributed by atoms with Gasteiger partial charge < -0.3 is 5.32 Å². The van der Waals surface area contributed by atoms with E-state index in [-0.39, 0.29) is 11.4 Å². The van der Waals surface area contributed by atoms with E-state index in [1.54, 1.807) is 0 Å². The van der Waals surface area contributed by atoms with E-state index in [9.17, 15) is 4.79 Å². The molecular weight excluding hydrogens is 138 g/mol. The molecule has 2 nitrogen and oxygen atoms in total. The number of hydrogen-bond donors (Lipinski definition) is 1. The Labute approximate surface area is 68.4 Å². The summed E-state index contributed by atoms with van der Waals surface area (Å²) in [6, 6.07) is 0. The highest BCUT2D eigenvalue weighted by Gasteiger charge is 2.10. The van der Waals surface area contributed by atoms with Gasteiger partial charge in [0.2, 0.25) is 0 Å². The molecule has 0 aliphatic carbocycles. The third-order valence-corrected chi connectivity index (χ3v) is 0.867. The summed E-state index contributed by atoms with van der Waals surface area (Å²) in [5, 5.41) is 2.74. The molecule has 1 N–H and O–H groups in total. The van der Waals surface area contributed by atoms with Crippen LogP contribution < -0.4 is 5.32 Å². The highest BCUT2D eigenvalue weighted by molar-refractivity contribution is 5.93. The van der Waals surface area contributed by atoms with Crippen molar-refractivity contribution in [1.82, 2.24) is 5.32 Å². The van der Waals surface area contributed by atoms with Gasteiger partial charge in [-0.1, -0.05) is 12.8 Å². The zero-order chi connectivity index (χ0) is 8.91. The zero-order valence-corrected chi connectivity index (χ0v) is 7.62. The van der Waals surface area contributed by atoms with Gasteiger partial charge in [0.1, 0.15) is 0 Å². The first-order valence-corrected chi connectivity index (χ1v) is 3.76. The van der Waals surface area contributed by atoms with E-state index < -0.39 is 0 Å². The summed E-state index contributed by atoms with van der Waals surface area (Å²) in [5.41, 5.74) is -0.181. The fraction of sp³-hybridized carbons (Fsp3) is 0.667. The Hall–Kier alpha value is -0.970. The summed E-state index contributed by atoms with van der Waals surface area (Å²) < 4.78 is 0. The van der Waals surface area contributed by atoms with Crippen molar-refractivity contribution in [2.24, 2.45) is 0 Å². The molecule has 0 spiro atoms. The molecule has 0 saturated heterocycles. The second-order valence-corrected chi connectivity index (χ2v) is 3.36. The second-order valence-electron chi connectivity index (χ2n) is 3.36. The van der Waals surface area contributed by atoms with Crippen molar-refractivity contribution in [3.63, 3.8) is 0 Å². The van der Waals surface area contributed by atoms with Gasteiger partial charge in [0.05, 0.1) is 0 Å². The number of nitrogens with one attached hydrogen (secondary N) is 1. The summed E-state index contributed by atoms with van der Waals surface area (Å²) >= 11 is 0. The van der Waals surface area contributed by atoms with E-state index >= 15 is 0 Å². The van der Waals surface area contributed by atoms with Gasteiger partial charge in [-0.3, -0.25) is 4.79 Å². The number of carbonyl (C=O) groups excluding carboxylic acids is 1. The average molecular weight is 153 g/mol. The first-order chi connectivity index (χ1) is 4.95. The van der Waals surface area contributed by atoms with Crippen molar-refractivity contribution in [2.45, 2.75) is 39.7 Å². The molecule has 0 aromatic rings. The Bertz CT molecular complexity index is 190. The third-order valence-electron chi connectivity index (χ3n) is 0.867. The number of carbonyl (C=O) groups is 1. The third kappa shape index (κ3) is 6.92. The predicted octanol–water partition coefficient (Wildman–Crippen LogP) is 1.31. The van der Waals surface area contributed by atoms with Crippen LogP contribution in [0.2, 0.25) is 0 Å². The first kappa shape index (κ1) is 10.0. The van der Waals surface area contributed by atoms with Gasteiger partial charge >= 0.3 is 0 Å². The molecule has 0 fully saturated rings. The van der Waals surface area contributed by atoms with E-state index in [0.717, 1.165) is 6.42 Å². The van der Waals surface area contributed by atoms with Crippen molar-refractivity contribution in [2.75, 3.05) is 0 Å². The molecule has 0 atom stereocenters. The Balaban J connectivity index is 3.89. The molecule has 2 heteroatoms. The van der Waals surface area contributed by atoms with Crippen molar-refractivity contribution in [1.29, 1.82) is 0 Å². The molecule has 1 amide bonds. The van der Waals surface area contributed by atoms with Crippen LogP contribution in [-0.4, -0.2) is 11.4 Å². The SMILES string of the molecule is CCC#CC(=O)NC(C)(C)C. The van der Waals surface area contributed by atoms with Gasteiger partial charge in [-0.25, -0.2) is 0 Å². The quantitative estimate of drug-likeness (QED) is 0.522. The van der Waals surface area contributed by atoms with Gasteiger partial charge in [0.15, 0.2) is 0 Å². The molecule has 0 saturated carbocycles. The summed E-state index contributed by atoms with van der Waals surface area (Å²) in [6.07, 6.45) is 0.720. The van der Waals surface area contributed by atoms with Crippen LogP contribution in [0.1, 0.15) is 34.1 Å². The first-order valence-electron chi connectivity index (χ1n) is 3.76. The minimum absolute atomic E-state index is 0.181. The summed E-state index contributed by atoms with van der Waals surface area (Å²) in [7, 11) is 0. The molecule has 0 bridgehead atoms. The number of hydrogen-bond acceptors (Lipinski definition) is 1. The van der Waals surface area contributed by atoms with Crippen molar-refractivity contribution in [3.05, 3.63) is 0 Å². The van der Waals surface area contributed by atoms with E-state index in [4.69, 9.17) is 0 Å². The molecule has 0 rings (SSSR count). The van der Waals surface area contributed by atoms with E-state index in [1.165, 1.54) is 0 Å². The Kier molecular flexibility index (Phi) is 3.67. The lowest BCUT2D eigenvalue weighted by Crippen LogP contribution is -2.39. The Morgan fingerprint density at radius 1 is 1.45 bits per heavy atom. The lowest BCUT2D eigenvalue weighted by atomic mass is 10.1. The smallest absolute Gasteiger partial charge is 0.296 e.